The lowest BCUT2D eigenvalue weighted by Gasteiger charge is -2.14. The molecule has 0 saturated heterocycles. The lowest BCUT2D eigenvalue weighted by Crippen LogP contribution is -2.15. The molecule has 0 amide bonds. The molecule has 1 unspecified atom stereocenters. The molecule has 0 spiro atoms. The number of aryl methyl sites for hydroxylation is 1. The summed E-state index contributed by atoms with van der Waals surface area (Å²) in [5.41, 5.74) is 0. The molecule has 0 aromatic carbocycles. The molecule has 0 aliphatic heterocycles. The van der Waals surface area contributed by atoms with Crippen LogP contribution in [-0.4, -0.2) is 14.2 Å². The van der Waals surface area contributed by atoms with Crippen molar-refractivity contribution >= 4 is 22.7 Å². The van der Waals surface area contributed by atoms with Gasteiger partial charge >= 0.3 is 0 Å². The van der Waals surface area contributed by atoms with Crippen molar-refractivity contribution in [2.45, 2.75) is 13.0 Å². The first-order chi connectivity index (χ1) is 7.76. The van der Waals surface area contributed by atoms with E-state index in [9.17, 15) is 0 Å². The molecule has 0 saturated carbocycles. The number of hydrogen-bond acceptors (Lipinski definition) is 4. The Morgan fingerprint density at radius 2 is 2.12 bits per heavy atom. The number of methoxy groups -OCH3 is 1. The molecule has 4 heteroatoms. The van der Waals surface area contributed by atoms with Gasteiger partial charge in [0, 0.05) is 9.75 Å². The van der Waals surface area contributed by atoms with E-state index in [0.717, 1.165) is 5.75 Å². The Balaban J connectivity index is 2.36. The molecular formula is C12H15NOS2. The molecule has 1 N–H and O–H groups in total. The van der Waals surface area contributed by atoms with Gasteiger partial charge in [-0.25, -0.2) is 0 Å². The van der Waals surface area contributed by atoms with Gasteiger partial charge in [0.1, 0.15) is 5.75 Å². The van der Waals surface area contributed by atoms with Gasteiger partial charge in [0.05, 0.1) is 18.0 Å². The zero-order chi connectivity index (χ0) is 11.5. The second-order valence-electron chi connectivity index (χ2n) is 3.52. The highest BCUT2D eigenvalue weighted by molar-refractivity contribution is 7.13. The van der Waals surface area contributed by atoms with Crippen LogP contribution >= 0.6 is 22.7 Å². The van der Waals surface area contributed by atoms with Gasteiger partial charge in [0.25, 0.3) is 0 Å². The molecule has 2 heterocycles. The van der Waals surface area contributed by atoms with E-state index < -0.39 is 0 Å². The first-order valence-electron chi connectivity index (χ1n) is 5.11. The Labute approximate surface area is 104 Å². The van der Waals surface area contributed by atoms with Crippen LogP contribution in [-0.2, 0) is 0 Å². The highest BCUT2D eigenvalue weighted by Gasteiger charge is 2.19. The van der Waals surface area contributed by atoms with E-state index in [1.807, 2.05) is 24.5 Å². The third kappa shape index (κ3) is 2.14. The summed E-state index contributed by atoms with van der Waals surface area (Å²) in [6.45, 7) is 2.13. The number of thiophene rings is 2. The van der Waals surface area contributed by atoms with E-state index >= 15 is 0 Å². The summed E-state index contributed by atoms with van der Waals surface area (Å²) in [6, 6.07) is 6.60. The molecule has 0 aliphatic rings. The van der Waals surface area contributed by atoms with Gasteiger partial charge in [-0.2, -0.15) is 0 Å². The lowest BCUT2D eigenvalue weighted by molar-refractivity contribution is 0.409. The van der Waals surface area contributed by atoms with Crippen molar-refractivity contribution in [2.24, 2.45) is 0 Å². The van der Waals surface area contributed by atoms with Crippen LogP contribution in [0.15, 0.2) is 23.6 Å². The topological polar surface area (TPSA) is 21.3 Å². The van der Waals surface area contributed by atoms with E-state index in [1.165, 1.54) is 14.6 Å². The van der Waals surface area contributed by atoms with Gasteiger partial charge in [-0.1, -0.05) is 0 Å². The molecule has 0 bridgehead atoms. The summed E-state index contributed by atoms with van der Waals surface area (Å²) in [7, 11) is 3.71. The number of rotatable bonds is 4. The Kier molecular flexibility index (Phi) is 3.63. The van der Waals surface area contributed by atoms with E-state index in [-0.39, 0.29) is 6.04 Å². The summed E-state index contributed by atoms with van der Waals surface area (Å²) in [6.07, 6.45) is 0. The quantitative estimate of drug-likeness (QED) is 0.901. The molecule has 0 fully saturated rings. The van der Waals surface area contributed by atoms with Crippen LogP contribution in [0.3, 0.4) is 0 Å². The minimum absolute atomic E-state index is 0.244. The maximum Gasteiger partial charge on any atom is 0.134 e. The first-order valence-corrected chi connectivity index (χ1v) is 6.81. The van der Waals surface area contributed by atoms with Crippen LogP contribution in [0.5, 0.6) is 5.75 Å². The normalized spacial score (nSPS) is 12.7. The molecular weight excluding hydrogens is 238 g/mol. The zero-order valence-electron chi connectivity index (χ0n) is 9.61. The molecule has 2 aromatic rings. The van der Waals surface area contributed by atoms with Crippen LogP contribution in [0.25, 0.3) is 0 Å². The maximum absolute atomic E-state index is 5.37. The smallest absolute Gasteiger partial charge is 0.134 e. The van der Waals surface area contributed by atoms with Gasteiger partial charge in [-0.05, 0) is 37.6 Å². The largest absolute Gasteiger partial charge is 0.496 e. The molecule has 86 valence electrons. The second-order valence-corrected chi connectivity index (χ2v) is 5.79. The number of hydrogen-bond donors (Lipinski definition) is 1. The maximum atomic E-state index is 5.37. The minimum atomic E-state index is 0.244. The molecule has 1 atom stereocenters. The summed E-state index contributed by atoms with van der Waals surface area (Å²) in [5, 5.41) is 5.42. The first kappa shape index (κ1) is 11.6. The van der Waals surface area contributed by atoms with Crippen LogP contribution < -0.4 is 10.1 Å². The van der Waals surface area contributed by atoms with Crippen LogP contribution in [0.4, 0.5) is 0 Å². The number of nitrogens with one attached hydrogen (secondary N) is 1. The Morgan fingerprint density at radius 3 is 2.69 bits per heavy atom. The fourth-order valence-corrected chi connectivity index (χ4v) is 3.76. The van der Waals surface area contributed by atoms with Crippen LogP contribution in [0.1, 0.15) is 20.7 Å². The summed E-state index contributed by atoms with van der Waals surface area (Å²) in [4.78, 5) is 3.92. The molecule has 0 aliphatic carbocycles. The minimum Gasteiger partial charge on any atom is -0.496 e. The number of ether oxygens (including phenoxy) is 1. The van der Waals surface area contributed by atoms with Crippen molar-refractivity contribution in [1.82, 2.24) is 5.32 Å². The van der Waals surface area contributed by atoms with E-state index in [0.29, 0.717) is 0 Å². The van der Waals surface area contributed by atoms with Crippen molar-refractivity contribution in [3.05, 3.63) is 38.2 Å². The van der Waals surface area contributed by atoms with Gasteiger partial charge < -0.3 is 10.1 Å². The van der Waals surface area contributed by atoms with Gasteiger partial charge in [0.15, 0.2) is 0 Å². The zero-order valence-corrected chi connectivity index (χ0v) is 11.2. The average molecular weight is 253 g/mol. The van der Waals surface area contributed by atoms with Crippen molar-refractivity contribution in [2.75, 3.05) is 14.2 Å². The summed E-state index contributed by atoms with van der Waals surface area (Å²) in [5.74, 6) is 0.968. The predicted molar refractivity (Wildman–Crippen MR) is 70.8 cm³/mol. The average Bonchev–Trinajstić information content (AvgIpc) is 2.89. The molecule has 0 radical (unpaired) electrons. The summed E-state index contributed by atoms with van der Waals surface area (Å²) < 4.78 is 5.37. The van der Waals surface area contributed by atoms with Gasteiger partial charge in [-0.3, -0.25) is 0 Å². The summed E-state index contributed by atoms with van der Waals surface area (Å²) >= 11 is 3.56. The van der Waals surface area contributed by atoms with Gasteiger partial charge in [-0.15, -0.1) is 22.7 Å². The fourth-order valence-electron chi connectivity index (χ4n) is 1.70. The van der Waals surface area contributed by atoms with Crippen molar-refractivity contribution < 1.29 is 4.74 Å². The monoisotopic (exact) mass is 253 g/mol. The van der Waals surface area contributed by atoms with E-state index in [2.05, 4.69) is 29.8 Å². The second kappa shape index (κ2) is 4.99. The third-order valence-electron chi connectivity index (χ3n) is 2.47. The van der Waals surface area contributed by atoms with E-state index in [1.54, 1.807) is 18.4 Å². The SMILES string of the molecule is CNC(c1ccc(C)s1)c1sccc1OC. The Morgan fingerprint density at radius 1 is 1.31 bits per heavy atom. The lowest BCUT2D eigenvalue weighted by atomic mass is 10.2. The third-order valence-corrected chi connectivity index (χ3v) is 4.50. The van der Waals surface area contributed by atoms with Crippen LogP contribution in [0.2, 0.25) is 0 Å². The van der Waals surface area contributed by atoms with E-state index in [4.69, 9.17) is 4.74 Å². The highest BCUT2D eigenvalue weighted by atomic mass is 32.1. The molecule has 2 rings (SSSR count). The Hall–Kier alpha value is -0.840. The Bertz CT molecular complexity index is 461. The molecule has 2 aromatic heterocycles. The van der Waals surface area contributed by atoms with Crippen molar-refractivity contribution in [3.63, 3.8) is 0 Å². The van der Waals surface area contributed by atoms with Gasteiger partial charge in [0.2, 0.25) is 0 Å². The van der Waals surface area contributed by atoms with Crippen molar-refractivity contribution in [1.29, 1.82) is 0 Å². The standard InChI is InChI=1S/C12H15NOS2/c1-8-4-5-10(16-8)11(13-2)12-9(14-3)6-7-15-12/h4-7,11,13H,1-3H3. The predicted octanol–water partition coefficient (Wildman–Crippen LogP) is 3.44. The van der Waals surface area contributed by atoms with Crippen LogP contribution in [0, 0.1) is 6.92 Å². The highest BCUT2D eigenvalue weighted by Crippen LogP contribution is 2.36. The molecule has 2 nitrogen and oxygen atoms in total. The fraction of sp³-hybridized carbons (Fsp3) is 0.333. The van der Waals surface area contributed by atoms with Crippen molar-refractivity contribution in [3.8, 4) is 5.75 Å². The molecule has 16 heavy (non-hydrogen) atoms.